The lowest BCUT2D eigenvalue weighted by atomic mass is 10.0. The van der Waals surface area contributed by atoms with Crippen LogP contribution in [-0.2, 0) is 12.8 Å². The summed E-state index contributed by atoms with van der Waals surface area (Å²) in [6, 6.07) is 2.47. The van der Waals surface area contributed by atoms with E-state index in [1.54, 1.807) is 6.92 Å². The molecule has 0 heterocycles. The van der Waals surface area contributed by atoms with Gasteiger partial charge >= 0.3 is 0 Å². The second-order valence-electron chi connectivity index (χ2n) is 3.75. The lowest BCUT2D eigenvalue weighted by Crippen LogP contribution is -2.10. The molecule has 1 aromatic rings. The molecule has 0 radical (unpaired) electrons. The number of nitrogens with zero attached hydrogens (tertiary/aromatic N) is 3. The van der Waals surface area contributed by atoms with Gasteiger partial charge in [-0.25, -0.2) is 0 Å². The number of hydrogen-bond donors (Lipinski definition) is 0. The molecule has 0 N–H and O–H groups in total. The Morgan fingerprint density at radius 3 is 2.11 bits per heavy atom. The molecule has 0 saturated carbocycles. The van der Waals surface area contributed by atoms with E-state index in [9.17, 15) is 30.3 Å². The third-order valence-corrected chi connectivity index (χ3v) is 2.65. The predicted octanol–water partition coefficient (Wildman–Crippen LogP) is 1.88. The normalized spacial score (nSPS) is 10.2. The minimum atomic E-state index is -0.762. The van der Waals surface area contributed by atoms with E-state index in [4.69, 9.17) is 0 Å². The smallest absolute Gasteiger partial charge is 0.265 e. The van der Waals surface area contributed by atoms with Crippen LogP contribution in [0.5, 0.6) is 0 Å². The van der Waals surface area contributed by atoms with Crippen molar-refractivity contribution in [2.24, 2.45) is 0 Å². The zero-order chi connectivity index (χ0) is 14.6. The molecular formula is C10H11N3O6. The monoisotopic (exact) mass is 269 g/mol. The van der Waals surface area contributed by atoms with Crippen LogP contribution in [0.3, 0.4) is 0 Å². The van der Waals surface area contributed by atoms with Crippen LogP contribution in [0, 0.1) is 30.3 Å². The Morgan fingerprint density at radius 2 is 1.68 bits per heavy atom. The summed E-state index contributed by atoms with van der Waals surface area (Å²) < 4.78 is 0. The van der Waals surface area contributed by atoms with Gasteiger partial charge in [0.25, 0.3) is 11.4 Å². The molecule has 0 unspecified atom stereocenters. The van der Waals surface area contributed by atoms with Crippen molar-refractivity contribution < 1.29 is 14.8 Å². The Kier molecular flexibility index (Phi) is 4.46. The maximum Gasteiger partial charge on any atom is 0.282 e. The van der Waals surface area contributed by atoms with Crippen molar-refractivity contribution in [1.82, 2.24) is 0 Å². The van der Waals surface area contributed by atoms with Crippen LogP contribution in [0.1, 0.15) is 18.1 Å². The zero-order valence-electron chi connectivity index (χ0n) is 10.1. The highest BCUT2D eigenvalue weighted by Gasteiger charge is 2.28. The summed E-state index contributed by atoms with van der Waals surface area (Å²) in [5, 5.41) is 32.2. The Labute approximate surface area is 107 Å². The van der Waals surface area contributed by atoms with Crippen LogP contribution in [0.2, 0.25) is 0 Å². The van der Waals surface area contributed by atoms with Crippen LogP contribution in [0.4, 0.5) is 11.4 Å². The Balaban J connectivity index is 3.44. The molecular weight excluding hydrogens is 258 g/mol. The second-order valence-corrected chi connectivity index (χ2v) is 3.75. The first-order chi connectivity index (χ1) is 8.88. The first-order valence-electron chi connectivity index (χ1n) is 5.43. The van der Waals surface area contributed by atoms with Crippen LogP contribution in [-0.4, -0.2) is 21.3 Å². The largest absolute Gasteiger partial charge is 0.282 e. The summed E-state index contributed by atoms with van der Waals surface area (Å²) in [6.07, 6.45) is -0.0206. The molecule has 1 rings (SSSR count). The van der Waals surface area contributed by atoms with Crippen molar-refractivity contribution in [1.29, 1.82) is 0 Å². The number of nitro benzene ring substituents is 2. The highest BCUT2D eigenvalue weighted by atomic mass is 16.6. The molecule has 0 spiro atoms. The first kappa shape index (κ1) is 14.5. The highest BCUT2D eigenvalue weighted by molar-refractivity contribution is 5.58. The first-order valence-corrected chi connectivity index (χ1v) is 5.43. The Bertz CT molecular complexity index is 542. The average Bonchev–Trinajstić information content (AvgIpc) is 2.34. The molecule has 0 bridgehead atoms. The molecule has 0 aliphatic carbocycles. The average molecular weight is 269 g/mol. The van der Waals surface area contributed by atoms with Gasteiger partial charge in [0.1, 0.15) is 5.56 Å². The molecule has 0 aliphatic heterocycles. The summed E-state index contributed by atoms with van der Waals surface area (Å²) in [7, 11) is 0. The van der Waals surface area contributed by atoms with Gasteiger partial charge in [-0.1, -0.05) is 6.92 Å². The second kappa shape index (κ2) is 5.85. The Hall–Kier alpha value is -2.58. The third-order valence-electron chi connectivity index (χ3n) is 2.65. The third kappa shape index (κ3) is 3.21. The van der Waals surface area contributed by atoms with Gasteiger partial charge in [-0.15, -0.1) is 0 Å². The van der Waals surface area contributed by atoms with E-state index >= 15 is 0 Å². The van der Waals surface area contributed by atoms with Crippen molar-refractivity contribution in [3.05, 3.63) is 53.6 Å². The number of nitro groups is 3. The molecule has 0 atom stereocenters. The fourth-order valence-corrected chi connectivity index (χ4v) is 1.81. The molecule has 0 aliphatic rings. The van der Waals surface area contributed by atoms with E-state index in [-0.39, 0.29) is 12.0 Å². The molecule has 102 valence electrons. The molecule has 0 aromatic heterocycles. The van der Waals surface area contributed by atoms with Gasteiger partial charge in [-0.3, -0.25) is 30.3 Å². The molecule has 9 heteroatoms. The molecule has 19 heavy (non-hydrogen) atoms. The minimum absolute atomic E-state index is 0.189. The standard InChI is InChI=1S/C10H11N3O6/c1-2-7-3-4-9(12(16)17)8(5-6-11(14)15)10(7)13(18)19/h3-4H,2,5-6H2,1H3. The molecule has 1 aromatic carbocycles. The maximum absolute atomic E-state index is 11.0. The minimum Gasteiger partial charge on any atom is -0.265 e. The van der Waals surface area contributed by atoms with Gasteiger partial charge in [-0.2, -0.15) is 0 Å². The SMILES string of the molecule is CCc1ccc([N+](=O)[O-])c(CC[N+](=O)[O-])c1[N+](=O)[O-]. The van der Waals surface area contributed by atoms with Crippen LogP contribution < -0.4 is 0 Å². The Morgan fingerprint density at radius 1 is 1.05 bits per heavy atom. The summed E-state index contributed by atoms with van der Waals surface area (Å²) in [6.45, 7) is 1.08. The van der Waals surface area contributed by atoms with Crippen molar-refractivity contribution >= 4 is 11.4 Å². The fraction of sp³-hybridized carbons (Fsp3) is 0.400. The van der Waals surface area contributed by atoms with E-state index in [1.807, 2.05) is 0 Å². The van der Waals surface area contributed by atoms with E-state index < -0.39 is 32.7 Å². The lowest BCUT2D eigenvalue weighted by molar-refractivity contribution is -0.479. The van der Waals surface area contributed by atoms with Crippen LogP contribution >= 0.6 is 0 Å². The summed E-state index contributed by atoms with van der Waals surface area (Å²) in [5.41, 5.74) is -0.704. The van der Waals surface area contributed by atoms with E-state index in [0.29, 0.717) is 12.0 Å². The topological polar surface area (TPSA) is 129 Å². The van der Waals surface area contributed by atoms with E-state index in [2.05, 4.69) is 0 Å². The van der Waals surface area contributed by atoms with Crippen molar-refractivity contribution in [2.45, 2.75) is 19.8 Å². The summed E-state index contributed by atoms with van der Waals surface area (Å²) >= 11 is 0. The summed E-state index contributed by atoms with van der Waals surface area (Å²) in [5.74, 6) is 0. The van der Waals surface area contributed by atoms with Crippen LogP contribution in [0.15, 0.2) is 12.1 Å². The van der Waals surface area contributed by atoms with Gasteiger partial charge in [0.15, 0.2) is 0 Å². The number of benzene rings is 1. The van der Waals surface area contributed by atoms with Crippen molar-refractivity contribution in [3.63, 3.8) is 0 Å². The highest BCUT2D eigenvalue weighted by Crippen LogP contribution is 2.32. The molecule has 0 fully saturated rings. The quantitative estimate of drug-likeness (QED) is 0.572. The van der Waals surface area contributed by atoms with E-state index in [0.717, 1.165) is 6.07 Å². The molecule has 9 nitrogen and oxygen atoms in total. The lowest BCUT2D eigenvalue weighted by Gasteiger charge is -2.06. The fourth-order valence-electron chi connectivity index (χ4n) is 1.81. The number of rotatable bonds is 6. The maximum atomic E-state index is 11.0. The van der Waals surface area contributed by atoms with Gasteiger partial charge < -0.3 is 0 Å². The van der Waals surface area contributed by atoms with Gasteiger partial charge in [-0.05, 0) is 12.5 Å². The number of hydrogen-bond acceptors (Lipinski definition) is 6. The van der Waals surface area contributed by atoms with Crippen molar-refractivity contribution in [2.75, 3.05) is 6.54 Å². The van der Waals surface area contributed by atoms with Gasteiger partial charge in [0.2, 0.25) is 6.54 Å². The van der Waals surface area contributed by atoms with Crippen LogP contribution in [0.25, 0.3) is 0 Å². The van der Waals surface area contributed by atoms with Gasteiger partial charge in [0.05, 0.1) is 16.3 Å². The zero-order valence-corrected chi connectivity index (χ0v) is 10.1. The van der Waals surface area contributed by atoms with E-state index in [1.165, 1.54) is 6.07 Å². The predicted molar refractivity (Wildman–Crippen MR) is 64.7 cm³/mol. The molecule has 0 amide bonds. The molecule has 0 saturated heterocycles. The van der Waals surface area contributed by atoms with Gasteiger partial charge in [0, 0.05) is 16.6 Å². The number of aryl methyl sites for hydroxylation is 1. The summed E-state index contributed by atoms with van der Waals surface area (Å²) in [4.78, 5) is 30.1. The van der Waals surface area contributed by atoms with Crippen molar-refractivity contribution in [3.8, 4) is 0 Å².